The summed E-state index contributed by atoms with van der Waals surface area (Å²) < 4.78 is 8.06. The average molecular weight is 348 g/mol. The zero-order valence-electron chi connectivity index (χ0n) is 14.9. The number of ether oxygens (including phenoxy) is 1. The summed E-state index contributed by atoms with van der Waals surface area (Å²) in [5, 5.41) is 1.05. The van der Waals surface area contributed by atoms with E-state index in [4.69, 9.17) is 4.74 Å². The fraction of sp³-hybridized carbons (Fsp3) is 0.318. The minimum absolute atomic E-state index is 0.206. The van der Waals surface area contributed by atoms with Gasteiger partial charge in [0.25, 0.3) is 0 Å². The second-order valence-corrected chi connectivity index (χ2v) is 6.85. The Balaban J connectivity index is 1.50. The molecule has 1 amide bonds. The number of carbonyl (C=O) groups excluding carboxylic acids is 1. The molecule has 0 aliphatic carbocycles. The Labute approximate surface area is 154 Å². The van der Waals surface area contributed by atoms with Crippen LogP contribution in [0, 0.1) is 0 Å². The Morgan fingerprint density at radius 2 is 1.73 bits per heavy atom. The minimum Gasteiger partial charge on any atom is -0.488 e. The third kappa shape index (κ3) is 3.59. The van der Waals surface area contributed by atoms with E-state index in [1.54, 1.807) is 0 Å². The van der Waals surface area contributed by atoms with Crippen LogP contribution >= 0.6 is 0 Å². The molecule has 1 aliphatic rings. The molecular weight excluding hydrogens is 324 g/mol. The van der Waals surface area contributed by atoms with Crippen LogP contribution in [0.2, 0.25) is 0 Å². The molecule has 0 atom stereocenters. The van der Waals surface area contributed by atoms with E-state index in [1.165, 1.54) is 6.42 Å². The SMILES string of the molecule is O=C(Cn1ccc2c(OCc3ccccc3)cccc21)N1CCCCC1. The molecule has 4 heteroatoms. The van der Waals surface area contributed by atoms with Crippen LogP contribution in [0.3, 0.4) is 0 Å². The highest BCUT2D eigenvalue weighted by Gasteiger charge is 2.17. The van der Waals surface area contributed by atoms with E-state index in [2.05, 4.69) is 12.1 Å². The van der Waals surface area contributed by atoms with Gasteiger partial charge in [0.05, 0.1) is 5.52 Å². The first-order chi connectivity index (χ1) is 12.8. The minimum atomic E-state index is 0.206. The van der Waals surface area contributed by atoms with E-state index in [9.17, 15) is 4.79 Å². The van der Waals surface area contributed by atoms with Crippen LogP contribution in [-0.2, 0) is 17.9 Å². The van der Waals surface area contributed by atoms with Crippen LogP contribution in [-0.4, -0.2) is 28.5 Å². The molecular formula is C22H24N2O2. The van der Waals surface area contributed by atoms with Crippen molar-refractivity contribution in [2.24, 2.45) is 0 Å². The first-order valence-corrected chi connectivity index (χ1v) is 9.33. The second kappa shape index (κ2) is 7.65. The summed E-state index contributed by atoms with van der Waals surface area (Å²) in [4.78, 5) is 14.6. The van der Waals surface area contributed by atoms with Crippen molar-refractivity contribution in [2.45, 2.75) is 32.4 Å². The second-order valence-electron chi connectivity index (χ2n) is 6.85. The van der Waals surface area contributed by atoms with Gasteiger partial charge in [-0.1, -0.05) is 36.4 Å². The van der Waals surface area contributed by atoms with Crippen LogP contribution in [0.4, 0.5) is 0 Å². The van der Waals surface area contributed by atoms with Crippen LogP contribution in [0.1, 0.15) is 24.8 Å². The summed E-state index contributed by atoms with van der Waals surface area (Å²) in [5.41, 5.74) is 2.19. The Bertz CT molecular complexity index is 880. The summed E-state index contributed by atoms with van der Waals surface area (Å²) in [6.45, 7) is 2.72. The van der Waals surface area contributed by atoms with E-state index in [1.807, 2.05) is 58.1 Å². The summed E-state index contributed by atoms with van der Waals surface area (Å²) in [5.74, 6) is 1.06. The first kappa shape index (κ1) is 16.7. The van der Waals surface area contributed by atoms with Gasteiger partial charge in [0, 0.05) is 24.7 Å². The summed E-state index contributed by atoms with van der Waals surface area (Å²) in [7, 11) is 0. The zero-order chi connectivity index (χ0) is 17.8. The number of rotatable bonds is 5. The number of nitrogens with zero attached hydrogens (tertiary/aromatic N) is 2. The normalized spacial score (nSPS) is 14.5. The number of likely N-dealkylation sites (tertiary alicyclic amines) is 1. The Morgan fingerprint density at radius 3 is 2.54 bits per heavy atom. The molecule has 0 bridgehead atoms. The predicted octanol–water partition coefficient (Wildman–Crippen LogP) is 4.23. The van der Waals surface area contributed by atoms with Gasteiger partial charge in [-0.2, -0.15) is 0 Å². The van der Waals surface area contributed by atoms with Gasteiger partial charge in [-0.05, 0) is 43.0 Å². The Morgan fingerprint density at radius 1 is 0.923 bits per heavy atom. The van der Waals surface area contributed by atoms with Gasteiger partial charge in [0.15, 0.2) is 0 Å². The first-order valence-electron chi connectivity index (χ1n) is 9.33. The molecule has 0 spiro atoms. The molecule has 134 valence electrons. The van der Waals surface area contributed by atoms with Crippen molar-refractivity contribution in [2.75, 3.05) is 13.1 Å². The van der Waals surface area contributed by atoms with Gasteiger partial charge in [0.2, 0.25) is 5.91 Å². The molecule has 1 saturated heterocycles. The third-order valence-electron chi connectivity index (χ3n) is 5.03. The molecule has 1 aliphatic heterocycles. The lowest BCUT2D eigenvalue weighted by atomic mass is 10.1. The molecule has 26 heavy (non-hydrogen) atoms. The lowest BCUT2D eigenvalue weighted by Crippen LogP contribution is -2.37. The number of hydrogen-bond acceptors (Lipinski definition) is 2. The molecule has 0 radical (unpaired) electrons. The van der Waals surface area contributed by atoms with E-state index in [0.717, 1.165) is 48.1 Å². The summed E-state index contributed by atoms with van der Waals surface area (Å²) in [6.07, 6.45) is 5.46. The number of benzene rings is 2. The number of fused-ring (bicyclic) bond motifs is 1. The largest absolute Gasteiger partial charge is 0.488 e. The van der Waals surface area contributed by atoms with Crippen molar-refractivity contribution in [3.8, 4) is 5.75 Å². The van der Waals surface area contributed by atoms with Gasteiger partial charge in [-0.15, -0.1) is 0 Å². The topological polar surface area (TPSA) is 34.5 Å². The van der Waals surface area contributed by atoms with Gasteiger partial charge in [-0.25, -0.2) is 0 Å². The molecule has 2 aromatic carbocycles. The molecule has 4 rings (SSSR count). The predicted molar refractivity (Wildman–Crippen MR) is 103 cm³/mol. The Kier molecular flexibility index (Phi) is 4.91. The molecule has 1 aromatic heterocycles. The quantitative estimate of drug-likeness (QED) is 0.691. The molecule has 2 heterocycles. The van der Waals surface area contributed by atoms with Crippen LogP contribution in [0.25, 0.3) is 10.9 Å². The van der Waals surface area contributed by atoms with E-state index >= 15 is 0 Å². The van der Waals surface area contributed by atoms with E-state index in [0.29, 0.717) is 13.2 Å². The van der Waals surface area contributed by atoms with Gasteiger partial charge in [0.1, 0.15) is 18.9 Å². The van der Waals surface area contributed by atoms with Crippen molar-refractivity contribution in [3.63, 3.8) is 0 Å². The van der Waals surface area contributed by atoms with Crippen LogP contribution < -0.4 is 4.74 Å². The fourth-order valence-corrected chi connectivity index (χ4v) is 3.58. The van der Waals surface area contributed by atoms with E-state index in [-0.39, 0.29) is 5.91 Å². The van der Waals surface area contributed by atoms with Crippen LogP contribution in [0.15, 0.2) is 60.8 Å². The molecule has 0 saturated carbocycles. The van der Waals surface area contributed by atoms with Crippen molar-refractivity contribution in [1.29, 1.82) is 0 Å². The molecule has 0 N–H and O–H groups in total. The Hall–Kier alpha value is -2.75. The van der Waals surface area contributed by atoms with E-state index < -0.39 is 0 Å². The van der Waals surface area contributed by atoms with Crippen molar-refractivity contribution >= 4 is 16.8 Å². The monoisotopic (exact) mass is 348 g/mol. The highest BCUT2D eigenvalue weighted by Crippen LogP contribution is 2.27. The summed E-state index contributed by atoms with van der Waals surface area (Å²) in [6, 6.07) is 18.2. The average Bonchev–Trinajstić information content (AvgIpc) is 3.11. The number of carbonyl (C=O) groups is 1. The standard InChI is InChI=1S/C22H24N2O2/c25-22(23-13-5-2-6-14-23)16-24-15-12-19-20(24)10-7-11-21(19)26-17-18-8-3-1-4-9-18/h1,3-4,7-12,15H,2,5-6,13-14,16-17H2. The van der Waals surface area contributed by atoms with Gasteiger partial charge < -0.3 is 14.2 Å². The number of amides is 1. The van der Waals surface area contributed by atoms with Crippen molar-refractivity contribution in [1.82, 2.24) is 9.47 Å². The van der Waals surface area contributed by atoms with Crippen molar-refractivity contribution in [3.05, 3.63) is 66.4 Å². The number of hydrogen-bond donors (Lipinski definition) is 0. The maximum absolute atomic E-state index is 12.6. The van der Waals surface area contributed by atoms with Crippen LogP contribution in [0.5, 0.6) is 5.75 Å². The van der Waals surface area contributed by atoms with Gasteiger partial charge >= 0.3 is 0 Å². The maximum Gasteiger partial charge on any atom is 0.242 e. The highest BCUT2D eigenvalue weighted by molar-refractivity contribution is 5.88. The lowest BCUT2D eigenvalue weighted by molar-refractivity contribution is -0.132. The molecule has 4 nitrogen and oxygen atoms in total. The maximum atomic E-state index is 12.6. The van der Waals surface area contributed by atoms with Gasteiger partial charge in [-0.3, -0.25) is 4.79 Å². The van der Waals surface area contributed by atoms with Crippen molar-refractivity contribution < 1.29 is 9.53 Å². The smallest absolute Gasteiger partial charge is 0.242 e. The fourth-order valence-electron chi connectivity index (χ4n) is 3.58. The zero-order valence-corrected chi connectivity index (χ0v) is 14.9. The number of piperidine rings is 1. The lowest BCUT2D eigenvalue weighted by Gasteiger charge is -2.27. The highest BCUT2D eigenvalue weighted by atomic mass is 16.5. The third-order valence-corrected chi connectivity index (χ3v) is 5.03. The molecule has 3 aromatic rings. The molecule has 0 unspecified atom stereocenters. The molecule has 1 fully saturated rings. The number of aromatic nitrogens is 1. The summed E-state index contributed by atoms with van der Waals surface area (Å²) >= 11 is 0.